The monoisotopic (exact) mass is 298 g/mol. The van der Waals surface area contributed by atoms with E-state index in [0.29, 0.717) is 6.61 Å². The highest BCUT2D eigenvalue weighted by molar-refractivity contribution is 7.80. The van der Waals surface area contributed by atoms with Crippen molar-refractivity contribution < 1.29 is 24.8 Å². The van der Waals surface area contributed by atoms with Crippen molar-refractivity contribution in [3.8, 4) is 0 Å². The molecule has 5 nitrogen and oxygen atoms in total. The molecule has 1 rings (SSSR count). The Morgan fingerprint density at radius 2 is 1.67 bits per heavy atom. The van der Waals surface area contributed by atoms with Crippen LogP contribution in [0.15, 0.2) is 0 Å². The van der Waals surface area contributed by atoms with Gasteiger partial charge in [-0.25, -0.2) is 0 Å². The summed E-state index contributed by atoms with van der Waals surface area (Å²) in [5.74, 6) is 1.10. The van der Waals surface area contributed by atoms with Crippen molar-refractivity contribution in [2.24, 2.45) is 0 Å². The molecule has 0 unspecified atom stereocenters. The third-order valence-electron chi connectivity index (χ3n) is 2.93. The largest absolute Gasteiger partial charge is 0.388 e. The van der Waals surface area contributed by atoms with Gasteiger partial charge < -0.3 is 24.8 Å². The van der Waals surface area contributed by atoms with E-state index in [1.165, 1.54) is 0 Å². The van der Waals surface area contributed by atoms with Crippen molar-refractivity contribution in [3.05, 3.63) is 0 Å². The highest BCUT2D eigenvalue weighted by Gasteiger charge is 2.43. The van der Waals surface area contributed by atoms with Gasteiger partial charge in [-0.2, -0.15) is 25.3 Å². The lowest BCUT2D eigenvalue weighted by Crippen LogP contribution is -2.58. The van der Waals surface area contributed by atoms with E-state index in [2.05, 4.69) is 25.3 Å². The Labute approximate surface area is 118 Å². The minimum Gasteiger partial charge on any atom is -0.388 e. The lowest BCUT2D eigenvalue weighted by atomic mass is 10.00. The number of unbranched alkanes of at least 4 members (excludes halogenated alkanes) is 2. The predicted molar refractivity (Wildman–Crippen MR) is 74.2 cm³/mol. The first-order valence-electron chi connectivity index (χ1n) is 6.14. The van der Waals surface area contributed by atoms with Crippen LogP contribution < -0.4 is 0 Å². The van der Waals surface area contributed by atoms with E-state index in [0.717, 1.165) is 25.0 Å². The highest BCUT2D eigenvalue weighted by atomic mass is 32.1. The van der Waals surface area contributed by atoms with Crippen molar-refractivity contribution in [2.45, 2.75) is 50.0 Å². The fourth-order valence-corrected chi connectivity index (χ4v) is 2.32. The number of aliphatic hydroxyl groups excluding tert-OH is 3. The van der Waals surface area contributed by atoms with Crippen molar-refractivity contribution in [1.29, 1.82) is 0 Å². The second kappa shape index (κ2) is 8.63. The number of thiol groups is 2. The third kappa shape index (κ3) is 4.56. The first-order valence-corrected chi connectivity index (χ1v) is 7.41. The van der Waals surface area contributed by atoms with Crippen molar-refractivity contribution in [3.63, 3.8) is 0 Å². The molecule has 1 aliphatic rings. The SMILES string of the molecule is O[C@H]1[C@@H](O)[C@@H](CS)O[C@@H](OCCCCCS)[C@@H]1O. The van der Waals surface area contributed by atoms with E-state index in [-0.39, 0.29) is 5.75 Å². The fourth-order valence-electron chi connectivity index (χ4n) is 1.80. The Bertz CT molecular complexity index is 229. The van der Waals surface area contributed by atoms with Gasteiger partial charge in [0, 0.05) is 12.4 Å². The van der Waals surface area contributed by atoms with Gasteiger partial charge in [-0.05, 0) is 18.6 Å². The van der Waals surface area contributed by atoms with Gasteiger partial charge in [0.1, 0.15) is 18.3 Å². The molecule has 5 atom stereocenters. The second-order valence-corrected chi connectivity index (χ2v) is 5.16. The Morgan fingerprint density at radius 1 is 0.944 bits per heavy atom. The Kier molecular flexibility index (Phi) is 7.93. The molecule has 0 saturated carbocycles. The van der Waals surface area contributed by atoms with Crippen LogP contribution in [0, 0.1) is 0 Å². The Morgan fingerprint density at radius 3 is 2.28 bits per heavy atom. The zero-order valence-electron chi connectivity index (χ0n) is 10.2. The van der Waals surface area contributed by atoms with Crippen LogP contribution in [0.3, 0.4) is 0 Å². The standard InChI is InChI=1S/C11H22O5S2/c12-8-7(6-18)16-11(10(14)9(8)13)15-4-2-1-3-5-17/h7-14,17-18H,1-6H2/t7-,8+,9+,10-,11-/m1/s1. The molecule has 1 aliphatic heterocycles. The first-order chi connectivity index (χ1) is 8.61. The van der Waals surface area contributed by atoms with Gasteiger partial charge in [0.2, 0.25) is 0 Å². The molecule has 3 N–H and O–H groups in total. The van der Waals surface area contributed by atoms with E-state index >= 15 is 0 Å². The summed E-state index contributed by atoms with van der Waals surface area (Å²) < 4.78 is 10.8. The maximum Gasteiger partial charge on any atom is 0.186 e. The minimum absolute atomic E-state index is 0.254. The summed E-state index contributed by atoms with van der Waals surface area (Å²) in [4.78, 5) is 0. The number of hydrogen-bond acceptors (Lipinski definition) is 7. The summed E-state index contributed by atoms with van der Waals surface area (Å²) in [5, 5.41) is 29.0. The first kappa shape index (κ1) is 16.6. The molecule has 108 valence electrons. The lowest BCUT2D eigenvalue weighted by Gasteiger charge is -2.39. The molecule has 0 spiro atoms. The van der Waals surface area contributed by atoms with Gasteiger partial charge in [0.15, 0.2) is 6.29 Å². The van der Waals surface area contributed by atoms with Gasteiger partial charge >= 0.3 is 0 Å². The highest BCUT2D eigenvalue weighted by Crippen LogP contribution is 2.23. The van der Waals surface area contributed by atoms with Gasteiger partial charge in [-0.1, -0.05) is 6.42 Å². The van der Waals surface area contributed by atoms with Crippen LogP contribution >= 0.6 is 25.3 Å². The molecule has 0 radical (unpaired) electrons. The average molecular weight is 298 g/mol. The van der Waals surface area contributed by atoms with Crippen LogP contribution in [-0.4, -0.2) is 64.1 Å². The fraction of sp³-hybridized carbons (Fsp3) is 1.00. The van der Waals surface area contributed by atoms with Crippen molar-refractivity contribution >= 4 is 25.3 Å². The minimum atomic E-state index is -1.27. The van der Waals surface area contributed by atoms with Crippen molar-refractivity contribution in [1.82, 2.24) is 0 Å². The molecule has 0 amide bonds. The van der Waals surface area contributed by atoms with Crippen LogP contribution in [0.2, 0.25) is 0 Å². The summed E-state index contributed by atoms with van der Waals surface area (Å²) >= 11 is 8.14. The average Bonchev–Trinajstić information content (AvgIpc) is 2.38. The lowest BCUT2D eigenvalue weighted by molar-refractivity contribution is -0.292. The van der Waals surface area contributed by atoms with E-state index < -0.39 is 30.7 Å². The summed E-state index contributed by atoms with van der Waals surface area (Å²) in [6, 6.07) is 0. The zero-order chi connectivity index (χ0) is 13.5. The van der Waals surface area contributed by atoms with Crippen LogP contribution in [0.4, 0.5) is 0 Å². The van der Waals surface area contributed by atoms with Gasteiger partial charge in [0.25, 0.3) is 0 Å². The van der Waals surface area contributed by atoms with E-state index in [1.807, 2.05) is 0 Å². The van der Waals surface area contributed by atoms with Crippen molar-refractivity contribution in [2.75, 3.05) is 18.1 Å². The molecule has 18 heavy (non-hydrogen) atoms. The molecule has 1 heterocycles. The van der Waals surface area contributed by atoms with E-state index in [9.17, 15) is 15.3 Å². The summed E-state index contributed by atoms with van der Waals surface area (Å²) in [5.41, 5.74) is 0. The number of ether oxygens (including phenoxy) is 2. The number of aliphatic hydroxyl groups is 3. The summed E-state index contributed by atoms with van der Waals surface area (Å²) in [6.45, 7) is 0.442. The summed E-state index contributed by atoms with van der Waals surface area (Å²) in [7, 11) is 0. The molecule has 1 saturated heterocycles. The molecular weight excluding hydrogens is 276 g/mol. The number of rotatable bonds is 7. The quantitative estimate of drug-likeness (QED) is 0.333. The van der Waals surface area contributed by atoms with Crippen LogP contribution in [0.1, 0.15) is 19.3 Å². The Hall–Kier alpha value is 0.500. The topological polar surface area (TPSA) is 79.2 Å². The molecule has 1 fully saturated rings. The summed E-state index contributed by atoms with van der Waals surface area (Å²) in [6.07, 6.45) is -2.32. The molecular formula is C11H22O5S2. The van der Waals surface area contributed by atoms with E-state index in [4.69, 9.17) is 9.47 Å². The molecule has 0 aromatic carbocycles. The van der Waals surface area contributed by atoms with E-state index in [1.54, 1.807) is 0 Å². The Balaban J connectivity index is 2.35. The van der Waals surface area contributed by atoms with Gasteiger partial charge in [-0.3, -0.25) is 0 Å². The number of hydrogen-bond donors (Lipinski definition) is 5. The third-order valence-corrected chi connectivity index (χ3v) is 3.61. The van der Waals surface area contributed by atoms with Crippen LogP contribution in [-0.2, 0) is 9.47 Å². The van der Waals surface area contributed by atoms with Gasteiger partial charge in [0.05, 0.1) is 6.10 Å². The van der Waals surface area contributed by atoms with Crippen LogP contribution in [0.5, 0.6) is 0 Å². The molecule has 0 aromatic rings. The zero-order valence-corrected chi connectivity index (χ0v) is 12.0. The maximum absolute atomic E-state index is 9.73. The van der Waals surface area contributed by atoms with Crippen LogP contribution in [0.25, 0.3) is 0 Å². The molecule has 0 aliphatic carbocycles. The molecule has 7 heteroatoms. The predicted octanol–water partition coefficient (Wildman–Crippen LogP) is -0.160. The smallest absolute Gasteiger partial charge is 0.186 e. The van der Waals surface area contributed by atoms with Gasteiger partial charge in [-0.15, -0.1) is 0 Å². The normalized spacial score (nSPS) is 36.8. The second-order valence-electron chi connectivity index (χ2n) is 4.35. The molecule has 0 aromatic heterocycles. The molecule has 0 bridgehead atoms. The maximum atomic E-state index is 9.73.